The van der Waals surface area contributed by atoms with Crippen LogP contribution in [0.25, 0.3) is 0 Å². The maximum absolute atomic E-state index is 3.32. The Morgan fingerprint density at radius 1 is 1.47 bits per heavy atom. The van der Waals surface area contributed by atoms with Crippen molar-refractivity contribution in [3.63, 3.8) is 0 Å². The molecule has 0 unspecified atom stereocenters. The molecule has 0 amide bonds. The molecule has 1 rings (SSSR count). The SMILES string of the molecule is CC=CC=C(CC)C1=C(C)CCCC#C1. The molecule has 0 bridgehead atoms. The van der Waals surface area contributed by atoms with Gasteiger partial charge in [0.1, 0.15) is 0 Å². The summed E-state index contributed by atoms with van der Waals surface area (Å²) in [5.74, 6) is 6.56. The van der Waals surface area contributed by atoms with E-state index in [2.05, 4.69) is 43.9 Å². The number of hydrogen-bond acceptors (Lipinski definition) is 0. The maximum Gasteiger partial charge on any atom is 0.0266 e. The van der Waals surface area contributed by atoms with E-state index in [1.54, 1.807) is 0 Å². The third-order valence-electron chi connectivity index (χ3n) is 2.69. The molecule has 0 atom stereocenters. The van der Waals surface area contributed by atoms with Gasteiger partial charge < -0.3 is 0 Å². The highest BCUT2D eigenvalue weighted by atomic mass is 14.1. The average Bonchev–Trinajstić information content (AvgIpc) is 2.45. The number of hydrogen-bond donors (Lipinski definition) is 0. The Morgan fingerprint density at radius 2 is 2.27 bits per heavy atom. The van der Waals surface area contributed by atoms with E-state index in [4.69, 9.17) is 0 Å². The van der Waals surface area contributed by atoms with Gasteiger partial charge in [-0.1, -0.05) is 42.6 Å². The van der Waals surface area contributed by atoms with Crippen LogP contribution in [-0.4, -0.2) is 0 Å². The Hall–Kier alpha value is -1.22. The predicted molar refractivity (Wildman–Crippen MR) is 67.5 cm³/mol. The first-order valence-corrected chi connectivity index (χ1v) is 5.80. The third-order valence-corrected chi connectivity index (χ3v) is 2.69. The third kappa shape index (κ3) is 3.44. The molecular weight excluding hydrogens is 180 g/mol. The van der Waals surface area contributed by atoms with Gasteiger partial charge in [-0.05, 0) is 38.7 Å². The van der Waals surface area contributed by atoms with E-state index in [-0.39, 0.29) is 0 Å². The Labute approximate surface area is 93.8 Å². The van der Waals surface area contributed by atoms with Crippen molar-refractivity contribution in [2.75, 3.05) is 0 Å². The lowest BCUT2D eigenvalue weighted by Gasteiger charge is -2.07. The fourth-order valence-corrected chi connectivity index (χ4v) is 1.77. The zero-order chi connectivity index (χ0) is 11.1. The van der Waals surface area contributed by atoms with Crippen LogP contribution in [0.3, 0.4) is 0 Å². The van der Waals surface area contributed by atoms with Crippen molar-refractivity contribution in [2.45, 2.75) is 46.5 Å². The second kappa shape index (κ2) is 6.30. The first kappa shape index (κ1) is 11.9. The number of allylic oxidation sites excluding steroid dienone is 6. The Balaban J connectivity index is 3.03. The molecule has 0 saturated carbocycles. The van der Waals surface area contributed by atoms with Gasteiger partial charge in [0, 0.05) is 12.0 Å². The van der Waals surface area contributed by atoms with E-state index >= 15 is 0 Å². The molecule has 0 aromatic heterocycles. The first-order chi connectivity index (χ1) is 7.29. The topological polar surface area (TPSA) is 0 Å². The van der Waals surface area contributed by atoms with Crippen molar-refractivity contribution in [3.8, 4) is 11.8 Å². The summed E-state index contributed by atoms with van der Waals surface area (Å²) in [5.41, 5.74) is 4.12. The second-order valence-electron chi connectivity index (χ2n) is 3.88. The van der Waals surface area contributed by atoms with Crippen LogP contribution in [0.4, 0.5) is 0 Å². The van der Waals surface area contributed by atoms with Gasteiger partial charge in [-0.2, -0.15) is 0 Å². The van der Waals surface area contributed by atoms with Gasteiger partial charge >= 0.3 is 0 Å². The van der Waals surface area contributed by atoms with E-state index in [1.807, 2.05) is 6.92 Å². The van der Waals surface area contributed by atoms with Crippen LogP contribution in [0.2, 0.25) is 0 Å². The summed E-state index contributed by atoms with van der Waals surface area (Å²) in [6.07, 6.45) is 10.9. The zero-order valence-corrected chi connectivity index (χ0v) is 10.1. The monoisotopic (exact) mass is 200 g/mol. The van der Waals surface area contributed by atoms with E-state index in [9.17, 15) is 0 Å². The van der Waals surface area contributed by atoms with E-state index in [0.717, 1.165) is 12.8 Å². The fraction of sp³-hybridized carbons (Fsp3) is 0.467. The molecule has 0 aromatic carbocycles. The summed E-state index contributed by atoms with van der Waals surface area (Å²) in [6, 6.07) is 0. The normalized spacial score (nSPS) is 17.7. The molecule has 0 heteroatoms. The Bertz CT molecular complexity index is 353. The standard InChI is InChI=1S/C15H20/c1-4-6-11-14(5-2)15-12-9-7-8-10-13(15)3/h4,6,11H,5,7-8,10H2,1-3H3. The molecule has 0 aromatic rings. The van der Waals surface area contributed by atoms with Gasteiger partial charge in [0.2, 0.25) is 0 Å². The molecule has 80 valence electrons. The van der Waals surface area contributed by atoms with Crippen LogP contribution >= 0.6 is 0 Å². The summed E-state index contributed by atoms with van der Waals surface area (Å²) in [6.45, 7) is 6.46. The summed E-state index contributed by atoms with van der Waals surface area (Å²) >= 11 is 0. The highest BCUT2D eigenvalue weighted by Gasteiger charge is 2.06. The molecule has 0 aliphatic heterocycles. The van der Waals surface area contributed by atoms with Gasteiger partial charge in [0.05, 0.1) is 0 Å². The van der Waals surface area contributed by atoms with E-state index in [0.29, 0.717) is 0 Å². The molecule has 15 heavy (non-hydrogen) atoms. The van der Waals surface area contributed by atoms with Gasteiger partial charge in [0.15, 0.2) is 0 Å². The molecule has 0 radical (unpaired) electrons. The molecule has 1 aliphatic rings. The molecule has 0 saturated heterocycles. The fourth-order valence-electron chi connectivity index (χ4n) is 1.77. The first-order valence-electron chi connectivity index (χ1n) is 5.80. The van der Waals surface area contributed by atoms with Gasteiger partial charge in [-0.3, -0.25) is 0 Å². The van der Waals surface area contributed by atoms with Gasteiger partial charge in [-0.15, -0.1) is 0 Å². The highest BCUT2D eigenvalue weighted by Crippen LogP contribution is 2.23. The minimum atomic E-state index is 1.04. The Kier molecular flexibility index (Phi) is 4.98. The molecular formula is C15H20. The van der Waals surface area contributed by atoms with Crippen molar-refractivity contribution in [3.05, 3.63) is 34.9 Å². The van der Waals surface area contributed by atoms with Gasteiger partial charge in [-0.25, -0.2) is 0 Å². The minimum absolute atomic E-state index is 1.04. The molecule has 1 aliphatic carbocycles. The van der Waals surface area contributed by atoms with Crippen molar-refractivity contribution < 1.29 is 0 Å². The Morgan fingerprint density at radius 3 is 2.93 bits per heavy atom. The quantitative estimate of drug-likeness (QED) is 0.468. The second-order valence-corrected chi connectivity index (χ2v) is 3.88. The van der Waals surface area contributed by atoms with Crippen molar-refractivity contribution in [1.29, 1.82) is 0 Å². The summed E-state index contributed by atoms with van der Waals surface area (Å²) < 4.78 is 0. The largest absolute Gasteiger partial charge is 0.0979 e. The number of rotatable bonds is 3. The summed E-state index contributed by atoms with van der Waals surface area (Å²) in [5, 5.41) is 0. The van der Waals surface area contributed by atoms with E-state index in [1.165, 1.54) is 29.6 Å². The van der Waals surface area contributed by atoms with E-state index < -0.39 is 0 Å². The lowest BCUT2D eigenvalue weighted by Crippen LogP contribution is -1.90. The van der Waals surface area contributed by atoms with Crippen LogP contribution < -0.4 is 0 Å². The van der Waals surface area contributed by atoms with Crippen molar-refractivity contribution in [2.24, 2.45) is 0 Å². The summed E-state index contributed by atoms with van der Waals surface area (Å²) in [7, 11) is 0. The molecule has 0 N–H and O–H groups in total. The van der Waals surface area contributed by atoms with Gasteiger partial charge in [0.25, 0.3) is 0 Å². The van der Waals surface area contributed by atoms with Crippen LogP contribution in [0, 0.1) is 11.8 Å². The highest BCUT2D eigenvalue weighted by molar-refractivity contribution is 5.50. The van der Waals surface area contributed by atoms with Crippen LogP contribution in [-0.2, 0) is 0 Å². The molecule has 0 heterocycles. The minimum Gasteiger partial charge on any atom is -0.0979 e. The lowest BCUT2D eigenvalue weighted by atomic mass is 9.97. The van der Waals surface area contributed by atoms with Crippen LogP contribution in [0.1, 0.15) is 46.5 Å². The smallest absolute Gasteiger partial charge is 0.0266 e. The van der Waals surface area contributed by atoms with Crippen molar-refractivity contribution >= 4 is 0 Å². The molecule has 0 fully saturated rings. The lowest BCUT2D eigenvalue weighted by molar-refractivity contribution is 0.847. The molecule has 0 nitrogen and oxygen atoms in total. The average molecular weight is 200 g/mol. The van der Waals surface area contributed by atoms with Crippen LogP contribution in [0.15, 0.2) is 34.9 Å². The maximum atomic E-state index is 3.32. The summed E-state index contributed by atoms with van der Waals surface area (Å²) in [4.78, 5) is 0. The zero-order valence-electron chi connectivity index (χ0n) is 10.1. The van der Waals surface area contributed by atoms with Crippen LogP contribution in [0.5, 0.6) is 0 Å². The van der Waals surface area contributed by atoms with Crippen molar-refractivity contribution in [1.82, 2.24) is 0 Å². The predicted octanol–water partition coefficient (Wildman–Crippen LogP) is 4.40. The molecule has 0 spiro atoms.